The maximum Gasteiger partial charge on any atom is 0.161 e. The van der Waals surface area contributed by atoms with Crippen molar-refractivity contribution in [1.29, 1.82) is 0 Å². The summed E-state index contributed by atoms with van der Waals surface area (Å²) in [4.78, 5) is 2.39. The minimum absolute atomic E-state index is 0.414. The predicted octanol–water partition coefficient (Wildman–Crippen LogP) is 3.43. The van der Waals surface area contributed by atoms with E-state index in [1.165, 1.54) is 16.7 Å². The van der Waals surface area contributed by atoms with Gasteiger partial charge in [0.2, 0.25) is 0 Å². The molecule has 0 radical (unpaired) electrons. The van der Waals surface area contributed by atoms with Gasteiger partial charge in [0.05, 0.1) is 14.2 Å². The van der Waals surface area contributed by atoms with Crippen molar-refractivity contribution in [2.45, 2.75) is 19.0 Å². The molecule has 0 amide bonds. The smallest absolute Gasteiger partial charge is 0.161 e. The Hall–Kier alpha value is -2.00. The zero-order valence-corrected chi connectivity index (χ0v) is 12.8. The lowest BCUT2D eigenvalue weighted by molar-refractivity contribution is 0.216. The Kier molecular flexibility index (Phi) is 3.84. The number of hydrogen-bond donors (Lipinski definition) is 0. The van der Waals surface area contributed by atoms with Gasteiger partial charge in [-0.1, -0.05) is 30.3 Å². The van der Waals surface area contributed by atoms with Crippen LogP contribution in [0.1, 0.15) is 22.7 Å². The van der Waals surface area contributed by atoms with Crippen molar-refractivity contribution in [3.8, 4) is 11.5 Å². The lowest BCUT2D eigenvalue weighted by Gasteiger charge is -2.35. The van der Waals surface area contributed by atoms with Crippen molar-refractivity contribution >= 4 is 0 Å². The van der Waals surface area contributed by atoms with Crippen LogP contribution < -0.4 is 9.47 Å². The Bertz CT molecular complexity index is 625. The second kappa shape index (κ2) is 5.78. The summed E-state index contributed by atoms with van der Waals surface area (Å²) in [5.74, 6) is 1.62. The van der Waals surface area contributed by atoms with E-state index < -0.39 is 0 Å². The van der Waals surface area contributed by atoms with Gasteiger partial charge in [-0.25, -0.2) is 0 Å². The van der Waals surface area contributed by atoms with Gasteiger partial charge >= 0.3 is 0 Å². The molecular weight excluding hydrogens is 262 g/mol. The van der Waals surface area contributed by atoms with Crippen LogP contribution in [0.4, 0.5) is 0 Å². The molecule has 0 bridgehead atoms. The number of methoxy groups -OCH3 is 2. The Balaban J connectivity index is 1.97. The fourth-order valence-electron chi connectivity index (χ4n) is 3.09. The van der Waals surface area contributed by atoms with Gasteiger partial charge in [0.25, 0.3) is 0 Å². The first-order valence-corrected chi connectivity index (χ1v) is 7.22. The van der Waals surface area contributed by atoms with Gasteiger partial charge in [-0.2, -0.15) is 0 Å². The Morgan fingerprint density at radius 2 is 1.57 bits per heavy atom. The molecule has 0 saturated heterocycles. The molecule has 1 atom stereocenters. The molecule has 0 aromatic heterocycles. The molecule has 1 heterocycles. The topological polar surface area (TPSA) is 21.7 Å². The number of rotatable bonds is 3. The monoisotopic (exact) mass is 283 g/mol. The van der Waals surface area contributed by atoms with Crippen molar-refractivity contribution in [3.05, 3.63) is 59.2 Å². The number of nitrogens with zero attached hydrogens (tertiary/aromatic N) is 1. The zero-order valence-electron chi connectivity index (χ0n) is 12.8. The molecule has 1 aliphatic rings. The fraction of sp³-hybridized carbons (Fsp3) is 0.333. The van der Waals surface area contributed by atoms with Gasteiger partial charge in [0.1, 0.15) is 0 Å². The van der Waals surface area contributed by atoms with Crippen LogP contribution in [0.3, 0.4) is 0 Å². The molecule has 3 heteroatoms. The lowest BCUT2D eigenvalue weighted by Crippen LogP contribution is -2.30. The van der Waals surface area contributed by atoms with Crippen molar-refractivity contribution < 1.29 is 9.47 Å². The van der Waals surface area contributed by atoms with Crippen molar-refractivity contribution in [3.63, 3.8) is 0 Å². The third kappa shape index (κ3) is 2.61. The molecule has 3 rings (SSSR count). The molecule has 0 aliphatic carbocycles. The van der Waals surface area contributed by atoms with Crippen LogP contribution in [0.25, 0.3) is 0 Å². The lowest BCUT2D eigenvalue weighted by atomic mass is 9.90. The van der Waals surface area contributed by atoms with Crippen molar-refractivity contribution in [1.82, 2.24) is 4.90 Å². The van der Waals surface area contributed by atoms with E-state index >= 15 is 0 Å². The summed E-state index contributed by atoms with van der Waals surface area (Å²) in [6.45, 7) is 0.926. The molecule has 110 valence electrons. The molecule has 0 unspecified atom stereocenters. The summed E-state index contributed by atoms with van der Waals surface area (Å²) in [6.07, 6.45) is 0.996. The van der Waals surface area contributed by atoms with E-state index in [1.54, 1.807) is 14.2 Å². The highest BCUT2D eigenvalue weighted by Crippen LogP contribution is 2.38. The van der Waals surface area contributed by atoms with Gasteiger partial charge in [-0.3, -0.25) is 4.90 Å². The fourth-order valence-corrected chi connectivity index (χ4v) is 3.09. The van der Waals surface area contributed by atoms with Gasteiger partial charge in [-0.15, -0.1) is 0 Å². The molecule has 1 aliphatic heterocycles. The van der Waals surface area contributed by atoms with Gasteiger partial charge in [-0.05, 0) is 42.3 Å². The van der Waals surface area contributed by atoms with Crippen LogP contribution in [0.5, 0.6) is 11.5 Å². The van der Waals surface area contributed by atoms with E-state index in [4.69, 9.17) is 9.47 Å². The van der Waals surface area contributed by atoms with Crippen molar-refractivity contribution in [2.75, 3.05) is 21.3 Å². The standard InChI is InChI=1S/C18H21NO2/c1-19-12-15-11-18(21-3)17(20-2)10-14(15)9-16(19)13-7-5-4-6-8-13/h4-8,10-11,16H,9,12H2,1-3H3/t16-/m1/s1. The molecule has 21 heavy (non-hydrogen) atoms. The zero-order chi connectivity index (χ0) is 14.8. The molecule has 0 spiro atoms. The molecule has 2 aromatic rings. The van der Waals surface area contributed by atoms with E-state index in [0.29, 0.717) is 6.04 Å². The quantitative estimate of drug-likeness (QED) is 0.861. The van der Waals surface area contributed by atoms with Gasteiger partial charge in [0, 0.05) is 12.6 Å². The Labute approximate surface area is 126 Å². The second-order valence-electron chi connectivity index (χ2n) is 5.52. The molecule has 0 fully saturated rings. The minimum atomic E-state index is 0.414. The number of likely N-dealkylation sites (N-methyl/N-ethyl adjacent to an activating group) is 1. The molecule has 0 saturated carbocycles. The number of benzene rings is 2. The van der Waals surface area contributed by atoms with E-state index in [9.17, 15) is 0 Å². The highest BCUT2D eigenvalue weighted by molar-refractivity contribution is 5.49. The van der Waals surface area contributed by atoms with Crippen LogP contribution in [0.15, 0.2) is 42.5 Å². The van der Waals surface area contributed by atoms with Crippen LogP contribution in [0, 0.1) is 0 Å². The largest absolute Gasteiger partial charge is 0.493 e. The van der Waals surface area contributed by atoms with Crippen molar-refractivity contribution in [2.24, 2.45) is 0 Å². The van der Waals surface area contributed by atoms with Crippen LogP contribution >= 0.6 is 0 Å². The van der Waals surface area contributed by atoms with E-state index in [0.717, 1.165) is 24.5 Å². The average molecular weight is 283 g/mol. The summed E-state index contributed by atoms with van der Waals surface area (Å²) in [5.41, 5.74) is 4.03. The third-order valence-electron chi connectivity index (χ3n) is 4.26. The first-order chi connectivity index (χ1) is 10.2. The highest BCUT2D eigenvalue weighted by Gasteiger charge is 2.26. The van der Waals surface area contributed by atoms with Crippen LogP contribution in [-0.2, 0) is 13.0 Å². The molecule has 0 N–H and O–H groups in total. The minimum Gasteiger partial charge on any atom is -0.493 e. The normalized spacial score (nSPS) is 18.1. The third-order valence-corrected chi connectivity index (χ3v) is 4.26. The second-order valence-corrected chi connectivity index (χ2v) is 5.52. The van der Waals surface area contributed by atoms with Crippen LogP contribution in [0.2, 0.25) is 0 Å². The summed E-state index contributed by atoms with van der Waals surface area (Å²) >= 11 is 0. The first kappa shape index (κ1) is 14.0. The molecule has 3 nitrogen and oxygen atoms in total. The van der Waals surface area contributed by atoms with E-state index in [1.807, 2.05) is 0 Å². The average Bonchev–Trinajstić information content (AvgIpc) is 2.53. The first-order valence-electron chi connectivity index (χ1n) is 7.22. The van der Waals surface area contributed by atoms with E-state index in [2.05, 4.69) is 54.4 Å². The summed E-state index contributed by atoms with van der Waals surface area (Å²) in [7, 11) is 5.55. The summed E-state index contributed by atoms with van der Waals surface area (Å²) in [6, 6.07) is 15.3. The van der Waals surface area contributed by atoms with Gasteiger partial charge in [0.15, 0.2) is 11.5 Å². The molecule has 2 aromatic carbocycles. The summed E-state index contributed by atoms with van der Waals surface area (Å²) < 4.78 is 10.8. The SMILES string of the molecule is COc1cc2c(cc1OC)CN(C)[C@@H](c1ccccc1)C2. The Morgan fingerprint density at radius 3 is 2.19 bits per heavy atom. The van der Waals surface area contributed by atoms with Crippen LogP contribution in [-0.4, -0.2) is 26.2 Å². The Morgan fingerprint density at radius 1 is 0.952 bits per heavy atom. The maximum atomic E-state index is 5.43. The van der Waals surface area contributed by atoms with E-state index in [-0.39, 0.29) is 0 Å². The molecular formula is C18H21NO2. The number of hydrogen-bond acceptors (Lipinski definition) is 3. The summed E-state index contributed by atoms with van der Waals surface area (Å²) in [5, 5.41) is 0. The number of fused-ring (bicyclic) bond motifs is 1. The number of ether oxygens (including phenoxy) is 2. The van der Waals surface area contributed by atoms with Gasteiger partial charge < -0.3 is 9.47 Å². The highest BCUT2D eigenvalue weighted by atomic mass is 16.5. The maximum absolute atomic E-state index is 5.43. The predicted molar refractivity (Wildman–Crippen MR) is 83.9 cm³/mol.